The summed E-state index contributed by atoms with van der Waals surface area (Å²) in [6, 6.07) is 4.24. The lowest BCUT2D eigenvalue weighted by atomic mass is 10.1. The fourth-order valence-electron chi connectivity index (χ4n) is 2.13. The molecule has 0 aliphatic carbocycles. The lowest BCUT2D eigenvalue weighted by Gasteiger charge is -2.20. The monoisotopic (exact) mass is 342 g/mol. The normalized spacial score (nSPS) is 21.9. The van der Waals surface area contributed by atoms with Gasteiger partial charge in [-0.05, 0) is 41.4 Å². The van der Waals surface area contributed by atoms with Gasteiger partial charge in [0, 0.05) is 11.0 Å². The van der Waals surface area contributed by atoms with Crippen molar-refractivity contribution < 1.29 is 19.8 Å². The number of β-amino-alcohol motifs (C(OH)–C–C–N with tert-alkyl or cyclic N) is 1. The van der Waals surface area contributed by atoms with Crippen molar-refractivity contribution in [3.05, 3.63) is 28.2 Å². The van der Waals surface area contributed by atoms with Gasteiger partial charge < -0.3 is 20.4 Å². The second-order valence-electron chi connectivity index (χ2n) is 5.07. The molecule has 0 saturated carbocycles. The summed E-state index contributed by atoms with van der Waals surface area (Å²) < 4.78 is 0.497. The number of hydrogen-bond acceptors (Lipinski definition) is 3. The van der Waals surface area contributed by atoms with E-state index < -0.39 is 17.6 Å². The van der Waals surface area contributed by atoms with Crippen LogP contribution in [0.25, 0.3) is 0 Å². The number of nitrogens with zero attached hydrogens (tertiary/aromatic N) is 1. The first-order valence-corrected chi connectivity index (χ1v) is 6.89. The lowest BCUT2D eigenvalue weighted by molar-refractivity contribution is 0.0695. The smallest absolute Gasteiger partial charge is 0.337 e. The van der Waals surface area contributed by atoms with Crippen LogP contribution in [-0.4, -0.2) is 45.8 Å². The number of aliphatic hydroxyl groups is 1. The van der Waals surface area contributed by atoms with Crippen LogP contribution in [0.3, 0.4) is 0 Å². The summed E-state index contributed by atoms with van der Waals surface area (Å²) in [7, 11) is 0. The van der Waals surface area contributed by atoms with Gasteiger partial charge in [-0.25, -0.2) is 9.59 Å². The number of nitrogens with one attached hydrogen (secondary N) is 1. The first-order valence-electron chi connectivity index (χ1n) is 6.10. The van der Waals surface area contributed by atoms with Gasteiger partial charge in [-0.1, -0.05) is 6.07 Å². The molecule has 0 aromatic heterocycles. The Morgan fingerprint density at radius 2 is 2.15 bits per heavy atom. The minimum absolute atomic E-state index is 0.0127. The van der Waals surface area contributed by atoms with E-state index in [2.05, 4.69) is 21.2 Å². The molecule has 108 valence electrons. The molecule has 7 heteroatoms. The van der Waals surface area contributed by atoms with E-state index in [-0.39, 0.29) is 17.8 Å². The van der Waals surface area contributed by atoms with Crippen molar-refractivity contribution in [2.45, 2.75) is 18.9 Å². The molecule has 1 aliphatic heterocycles. The molecule has 1 saturated heterocycles. The second kappa shape index (κ2) is 5.41. The van der Waals surface area contributed by atoms with Gasteiger partial charge in [-0.3, -0.25) is 0 Å². The molecular formula is C13H15BrN2O4. The molecule has 2 rings (SSSR count). The molecule has 20 heavy (non-hydrogen) atoms. The average molecular weight is 343 g/mol. The van der Waals surface area contributed by atoms with Gasteiger partial charge in [0.05, 0.1) is 23.4 Å². The van der Waals surface area contributed by atoms with E-state index in [1.807, 2.05) is 0 Å². The summed E-state index contributed by atoms with van der Waals surface area (Å²) in [5, 5.41) is 21.6. The molecular weight excluding hydrogens is 328 g/mol. The van der Waals surface area contributed by atoms with Crippen molar-refractivity contribution in [3.63, 3.8) is 0 Å². The highest BCUT2D eigenvalue weighted by atomic mass is 79.9. The Balaban J connectivity index is 2.18. The van der Waals surface area contributed by atoms with E-state index in [0.29, 0.717) is 17.4 Å². The standard InChI is InChI=1S/C13H15BrN2O4/c1-13(20)5-6-16(7-13)12(19)15-10-8(11(17)18)3-2-4-9(10)14/h2-4,20H,5-7H2,1H3,(H,15,19)(H,17,18). The molecule has 1 aromatic rings. The molecule has 3 N–H and O–H groups in total. The van der Waals surface area contributed by atoms with E-state index in [1.165, 1.54) is 11.0 Å². The van der Waals surface area contributed by atoms with Crippen LogP contribution in [-0.2, 0) is 0 Å². The molecule has 0 radical (unpaired) electrons. The summed E-state index contributed by atoms with van der Waals surface area (Å²) in [5.41, 5.74) is -0.656. The highest BCUT2D eigenvalue weighted by Crippen LogP contribution is 2.28. The number of para-hydroxylation sites is 1. The van der Waals surface area contributed by atoms with E-state index in [9.17, 15) is 14.7 Å². The number of carboxylic acid groups (broad SMARTS) is 1. The SMILES string of the molecule is CC1(O)CCN(C(=O)Nc2c(Br)cccc2C(=O)O)C1. The lowest BCUT2D eigenvalue weighted by Crippen LogP contribution is -2.37. The number of halogens is 1. The summed E-state index contributed by atoms with van der Waals surface area (Å²) in [6.45, 7) is 2.33. The molecule has 0 bridgehead atoms. The van der Waals surface area contributed by atoms with Crippen LogP contribution in [0.1, 0.15) is 23.7 Å². The van der Waals surface area contributed by atoms with Crippen LogP contribution in [0.5, 0.6) is 0 Å². The molecule has 0 spiro atoms. The van der Waals surface area contributed by atoms with Gasteiger partial charge in [0.2, 0.25) is 0 Å². The van der Waals surface area contributed by atoms with Crippen LogP contribution >= 0.6 is 15.9 Å². The number of carboxylic acids is 1. The van der Waals surface area contributed by atoms with Gasteiger partial charge in [0.15, 0.2) is 0 Å². The summed E-state index contributed by atoms with van der Waals surface area (Å²) >= 11 is 3.23. The van der Waals surface area contributed by atoms with Crippen molar-refractivity contribution in [2.24, 2.45) is 0 Å². The van der Waals surface area contributed by atoms with Crippen LogP contribution in [0.2, 0.25) is 0 Å². The van der Waals surface area contributed by atoms with Crippen LogP contribution < -0.4 is 5.32 Å². The fraction of sp³-hybridized carbons (Fsp3) is 0.385. The summed E-state index contributed by atoms with van der Waals surface area (Å²) in [6.07, 6.45) is 0.502. The Labute approximate surface area is 124 Å². The number of aromatic carboxylic acids is 1. The van der Waals surface area contributed by atoms with Crippen molar-refractivity contribution >= 4 is 33.6 Å². The number of urea groups is 1. The predicted octanol–water partition coefficient (Wildman–Crippen LogP) is 2.14. The van der Waals surface area contributed by atoms with Gasteiger partial charge in [0.25, 0.3) is 0 Å². The molecule has 6 nitrogen and oxygen atoms in total. The minimum atomic E-state index is -1.12. The van der Waals surface area contributed by atoms with Gasteiger partial charge >= 0.3 is 12.0 Å². The van der Waals surface area contributed by atoms with Gasteiger partial charge in [0.1, 0.15) is 0 Å². The second-order valence-corrected chi connectivity index (χ2v) is 5.92. The highest BCUT2D eigenvalue weighted by Gasteiger charge is 2.34. The van der Waals surface area contributed by atoms with Crippen LogP contribution in [0.15, 0.2) is 22.7 Å². The van der Waals surface area contributed by atoms with E-state index in [0.717, 1.165) is 0 Å². The maximum Gasteiger partial charge on any atom is 0.337 e. The zero-order valence-corrected chi connectivity index (χ0v) is 12.5. The molecule has 2 amide bonds. The number of likely N-dealkylation sites (tertiary alicyclic amines) is 1. The molecule has 1 aliphatic rings. The average Bonchev–Trinajstić information content (AvgIpc) is 2.72. The molecule has 1 aromatic carbocycles. The molecule has 1 fully saturated rings. The van der Waals surface area contributed by atoms with Crippen LogP contribution in [0.4, 0.5) is 10.5 Å². The Morgan fingerprint density at radius 1 is 1.45 bits per heavy atom. The molecule has 1 atom stereocenters. The van der Waals surface area contributed by atoms with Crippen molar-refractivity contribution in [1.29, 1.82) is 0 Å². The minimum Gasteiger partial charge on any atom is -0.478 e. The first kappa shape index (κ1) is 14.8. The number of amides is 2. The third kappa shape index (κ3) is 3.10. The number of anilines is 1. The number of carbonyl (C=O) groups is 2. The van der Waals surface area contributed by atoms with Crippen molar-refractivity contribution in [3.8, 4) is 0 Å². The van der Waals surface area contributed by atoms with E-state index in [4.69, 9.17) is 5.11 Å². The van der Waals surface area contributed by atoms with Crippen molar-refractivity contribution in [1.82, 2.24) is 4.90 Å². The summed E-state index contributed by atoms with van der Waals surface area (Å²) in [5.74, 6) is -1.12. The zero-order valence-electron chi connectivity index (χ0n) is 10.9. The summed E-state index contributed by atoms with van der Waals surface area (Å²) in [4.78, 5) is 24.7. The molecule has 1 heterocycles. The quantitative estimate of drug-likeness (QED) is 0.767. The third-order valence-corrected chi connectivity index (χ3v) is 3.88. The van der Waals surface area contributed by atoms with E-state index >= 15 is 0 Å². The van der Waals surface area contributed by atoms with E-state index in [1.54, 1.807) is 19.1 Å². The number of rotatable bonds is 2. The fourth-order valence-corrected chi connectivity index (χ4v) is 2.60. The maximum atomic E-state index is 12.1. The topological polar surface area (TPSA) is 89.9 Å². The van der Waals surface area contributed by atoms with Gasteiger partial charge in [-0.15, -0.1) is 0 Å². The Bertz CT molecular complexity index is 559. The molecule has 1 unspecified atom stereocenters. The number of benzene rings is 1. The zero-order chi connectivity index (χ0) is 14.9. The Hall–Kier alpha value is -1.60. The third-order valence-electron chi connectivity index (χ3n) is 3.21. The largest absolute Gasteiger partial charge is 0.478 e. The van der Waals surface area contributed by atoms with Crippen LogP contribution in [0, 0.1) is 0 Å². The Morgan fingerprint density at radius 3 is 2.70 bits per heavy atom. The first-order chi connectivity index (χ1) is 9.30. The highest BCUT2D eigenvalue weighted by molar-refractivity contribution is 9.10. The number of carbonyl (C=O) groups excluding carboxylic acids is 1. The van der Waals surface area contributed by atoms with Gasteiger partial charge in [-0.2, -0.15) is 0 Å². The Kier molecular flexibility index (Phi) is 4.01. The predicted molar refractivity (Wildman–Crippen MR) is 76.9 cm³/mol. The maximum absolute atomic E-state index is 12.1. The number of hydrogen-bond donors (Lipinski definition) is 3. The van der Waals surface area contributed by atoms with Crippen molar-refractivity contribution in [2.75, 3.05) is 18.4 Å².